The number of hydrogen-bond acceptors (Lipinski definition) is 3. The Morgan fingerprint density at radius 3 is 2.86 bits per heavy atom. The maximum absolute atomic E-state index is 4.61. The maximum atomic E-state index is 4.61. The highest BCUT2D eigenvalue weighted by atomic mass is 32.1. The zero-order valence-corrected chi connectivity index (χ0v) is 13.3. The van der Waals surface area contributed by atoms with Crippen LogP contribution < -0.4 is 4.80 Å². The van der Waals surface area contributed by atoms with Crippen molar-refractivity contribution in [2.24, 2.45) is 10.1 Å². The average Bonchev–Trinajstić information content (AvgIpc) is 2.91. The van der Waals surface area contributed by atoms with Crippen LogP contribution in [0.3, 0.4) is 0 Å². The van der Waals surface area contributed by atoms with Crippen molar-refractivity contribution in [3.8, 4) is 0 Å². The molecule has 0 aliphatic rings. The molecule has 0 saturated heterocycles. The molecule has 3 aromatic rings. The van der Waals surface area contributed by atoms with Gasteiger partial charge in [0, 0.05) is 10.9 Å². The molecule has 1 aromatic heterocycles. The second kappa shape index (κ2) is 6.54. The van der Waals surface area contributed by atoms with Crippen LogP contribution in [-0.4, -0.2) is 17.4 Å². The Balaban J connectivity index is 2.04. The van der Waals surface area contributed by atoms with Gasteiger partial charge in [-0.3, -0.25) is 4.99 Å². The van der Waals surface area contributed by atoms with Gasteiger partial charge in [0.05, 0.1) is 18.5 Å². The van der Waals surface area contributed by atoms with Crippen LogP contribution in [0.1, 0.15) is 11.3 Å². The summed E-state index contributed by atoms with van der Waals surface area (Å²) in [5.74, 6) is 0. The first-order valence-electron chi connectivity index (χ1n) is 7.10. The number of fused-ring (bicyclic) bond motifs is 1. The van der Waals surface area contributed by atoms with Gasteiger partial charge in [0.1, 0.15) is 0 Å². The van der Waals surface area contributed by atoms with Gasteiger partial charge in [-0.25, -0.2) is 4.68 Å². The Morgan fingerprint density at radius 1 is 1.18 bits per heavy atom. The van der Waals surface area contributed by atoms with Crippen molar-refractivity contribution in [3.05, 3.63) is 76.6 Å². The van der Waals surface area contributed by atoms with E-state index >= 15 is 0 Å². The zero-order valence-electron chi connectivity index (χ0n) is 12.4. The number of hydrogen-bond donors (Lipinski definition) is 0. The van der Waals surface area contributed by atoms with Crippen molar-refractivity contribution in [1.82, 2.24) is 4.68 Å². The van der Waals surface area contributed by atoms with Gasteiger partial charge in [0.2, 0.25) is 4.80 Å². The Bertz CT molecular complexity index is 895. The van der Waals surface area contributed by atoms with Gasteiger partial charge < -0.3 is 0 Å². The van der Waals surface area contributed by atoms with Crippen LogP contribution in [0, 0.1) is 6.92 Å². The highest BCUT2D eigenvalue weighted by molar-refractivity contribution is 7.07. The van der Waals surface area contributed by atoms with Crippen LogP contribution >= 0.6 is 11.3 Å². The minimum Gasteiger partial charge on any atom is -0.253 e. The van der Waals surface area contributed by atoms with Crippen molar-refractivity contribution in [2.75, 3.05) is 6.54 Å². The fraction of sp³-hybridized carbons (Fsp3) is 0.111. The van der Waals surface area contributed by atoms with Crippen molar-refractivity contribution in [3.63, 3.8) is 0 Å². The molecule has 0 aliphatic carbocycles. The largest absolute Gasteiger partial charge is 0.253 e. The van der Waals surface area contributed by atoms with Crippen LogP contribution in [0.25, 0.3) is 10.8 Å². The van der Waals surface area contributed by atoms with E-state index in [9.17, 15) is 0 Å². The summed E-state index contributed by atoms with van der Waals surface area (Å²) in [6.07, 6.45) is 3.68. The standard InChI is InChI=1S/C18H17N3S/c1-3-11-19-18-21(14(2)13-22-18)20-12-16-9-6-8-15-7-4-5-10-17(15)16/h3-10,12-13H,1,11H2,2H3. The highest BCUT2D eigenvalue weighted by Gasteiger charge is 2.00. The van der Waals surface area contributed by atoms with E-state index in [4.69, 9.17) is 0 Å². The molecule has 0 unspecified atom stereocenters. The third-order valence-electron chi connectivity index (χ3n) is 3.34. The molecule has 2 aromatic carbocycles. The summed E-state index contributed by atoms with van der Waals surface area (Å²) in [6.45, 7) is 6.34. The summed E-state index contributed by atoms with van der Waals surface area (Å²) in [5, 5.41) is 9.09. The van der Waals surface area contributed by atoms with Gasteiger partial charge in [-0.15, -0.1) is 17.9 Å². The lowest BCUT2D eigenvalue weighted by Gasteiger charge is -2.02. The Hall–Kier alpha value is -2.46. The van der Waals surface area contributed by atoms with E-state index in [-0.39, 0.29) is 0 Å². The van der Waals surface area contributed by atoms with Gasteiger partial charge >= 0.3 is 0 Å². The summed E-state index contributed by atoms with van der Waals surface area (Å²) in [5.41, 5.74) is 2.18. The number of benzene rings is 2. The minimum atomic E-state index is 0.601. The Morgan fingerprint density at radius 2 is 2.00 bits per heavy atom. The molecule has 1 heterocycles. The lowest BCUT2D eigenvalue weighted by molar-refractivity contribution is 0.799. The van der Waals surface area contributed by atoms with Crippen LogP contribution in [0.2, 0.25) is 0 Å². The molecule has 0 aliphatic heterocycles. The molecule has 22 heavy (non-hydrogen) atoms. The van der Waals surface area contributed by atoms with Gasteiger partial charge in [-0.1, -0.05) is 48.5 Å². The van der Waals surface area contributed by atoms with E-state index in [1.54, 1.807) is 17.4 Å². The fourth-order valence-corrected chi connectivity index (χ4v) is 3.07. The summed E-state index contributed by atoms with van der Waals surface area (Å²) in [6, 6.07) is 14.6. The first-order valence-corrected chi connectivity index (χ1v) is 7.98. The van der Waals surface area contributed by atoms with E-state index in [0.29, 0.717) is 6.54 Å². The average molecular weight is 307 g/mol. The van der Waals surface area contributed by atoms with E-state index in [2.05, 4.69) is 52.4 Å². The van der Waals surface area contributed by atoms with Crippen LogP contribution in [0.4, 0.5) is 0 Å². The molecule has 110 valence electrons. The predicted molar refractivity (Wildman–Crippen MR) is 94.6 cm³/mol. The van der Waals surface area contributed by atoms with Crippen molar-refractivity contribution in [1.29, 1.82) is 0 Å². The number of aromatic nitrogens is 1. The molecule has 3 nitrogen and oxygen atoms in total. The van der Waals surface area contributed by atoms with Crippen molar-refractivity contribution in [2.45, 2.75) is 6.92 Å². The molecular formula is C18H17N3S. The highest BCUT2D eigenvalue weighted by Crippen LogP contribution is 2.16. The molecule has 0 spiro atoms. The summed E-state index contributed by atoms with van der Waals surface area (Å²) >= 11 is 1.59. The van der Waals surface area contributed by atoms with E-state index in [1.807, 2.05) is 29.9 Å². The number of rotatable bonds is 4. The van der Waals surface area contributed by atoms with Crippen molar-refractivity contribution >= 4 is 28.3 Å². The third kappa shape index (κ3) is 2.92. The second-order valence-corrected chi connectivity index (χ2v) is 5.75. The molecule has 0 bridgehead atoms. The molecule has 0 fully saturated rings. The Labute approximate surface area is 133 Å². The smallest absolute Gasteiger partial charge is 0.206 e. The SMILES string of the molecule is C=CCN=c1scc(C)n1N=Cc1cccc2ccccc12. The van der Waals surface area contributed by atoms with E-state index < -0.39 is 0 Å². The molecule has 0 N–H and O–H groups in total. The van der Waals surface area contributed by atoms with Crippen LogP contribution in [-0.2, 0) is 0 Å². The predicted octanol–water partition coefficient (Wildman–Crippen LogP) is 3.98. The molecule has 3 rings (SSSR count). The molecule has 0 radical (unpaired) electrons. The van der Waals surface area contributed by atoms with E-state index in [1.165, 1.54) is 10.8 Å². The van der Waals surface area contributed by atoms with Crippen molar-refractivity contribution < 1.29 is 0 Å². The zero-order chi connectivity index (χ0) is 15.4. The first-order chi connectivity index (χ1) is 10.8. The lowest BCUT2D eigenvalue weighted by Crippen LogP contribution is -2.12. The van der Waals surface area contributed by atoms with Gasteiger partial charge in [-0.2, -0.15) is 5.10 Å². The number of aryl methyl sites for hydroxylation is 1. The molecule has 0 amide bonds. The van der Waals surface area contributed by atoms with Crippen LogP contribution in [0.5, 0.6) is 0 Å². The summed E-state index contributed by atoms with van der Waals surface area (Å²) < 4.78 is 1.87. The van der Waals surface area contributed by atoms with Gasteiger partial charge in [0.25, 0.3) is 0 Å². The molecular weight excluding hydrogens is 290 g/mol. The number of nitrogens with zero attached hydrogens (tertiary/aromatic N) is 3. The van der Waals surface area contributed by atoms with Gasteiger partial charge in [-0.05, 0) is 17.7 Å². The number of thiazole rings is 1. The summed E-state index contributed by atoms with van der Waals surface area (Å²) in [4.78, 5) is 5.35. The second-order valence-electron chi connectivity index (χ2n) is 4.91. The normalized spacial score (nSPS) is 12.3. The Kier molecular flexibility index (Phi) is 4.30. The maximum Gasteiger partial charge on any atom is 0.206 e. The van der Waals surface area contributed by atoms with E-state index in [0.717, 1.165) is 16.1 Å². The summed E-state index contributed by atoms with van der Waals surface area (Å²) in [7, 11) is 0. The monoisotopic (exact) mass is 307 g/mol. The topological polar surface area (TPSA) is 29.6 Å². The molecule has 4 heteroatoms. The molecule has 0 saturated carbocycles. The quantitative estimate of drug-likeness (QED) is 0.515. The third-order valence-corrected chi connectivity index (χ3v) is 4.31. The first kappa shape index (κ1) is 14.5. The van der Waals surface area contributed by atoms with Crippen LogP contribution in [0.15, 0.2) is 70.6 Å². The van der Waals surface area contributed by atoms with Gasteiger partial charge in [0.15, 0.2) is 0 Å². The fourth-order valence-electron chi connectivity index (χ4n) is 2.26. The molecule has 0 atom stereocenters. The minimum absolute atomic E-state index is 0.601. The lowest BCUT2D eigenvalue weighted by atomic mass is 10.1.